The lowest BCUT2D eigenvalue weighted by atomic mass is 10.2. The summed E-state index contributed by atoms with van der Waals surface area (Å²) in [5.74, 6) is 0.907. The molecule has 5 heteroatoms. The fourth-order valence-corrected chi connectivity index (χ4v) is 2.70. The van der Waals surface area contributed by atoms with Crippen molar-refractivity contribution in [3.63, 3.8) is 0 Å². The van der Waals surface area contributed by atoms with Crippen LogP contribution in [0.15, 0.2) is 53.1 Å². The molecule has 22 heavy (non-hydrogen) atoms. The van der Waals surface area contributed by atoms with E-state index in [0.29, 0.717) is 11.7 Å². The Morgan fingerprint density at radius 1 is 1.23 bits per heavy atom. The zero-order chi connectivity index (χ0) is 15.5. The molecule has 1 atom stereocenters. The molecule has 0 bridgehead atoms. The first kappa shape index (κ1) is 14.9. The largest absolute Gasteiger partial charge is 0.468 e. The highest BCUT2D eigenvalue weighted by Crippen LogP contribution is 2.24. The molecule has 4 nitrogen and oxygen atoms in total. The van der Waals surface area contributed by atoms with Crippen LogP contribution in [0.4, 0.5) is 0 Å². The second-order valence-electron chi connectivity index (χ2n) is 5.22. The summed E-state index contributed by atoms with van der Waals surface area (Å²) < 4.78 is 7.17. The summed E-state index contributed by atoms with van der Waals surface area (Å²) in [6.45, 7) is 4.67. The number of nitrogens with one attached hydrogen (secondary N) is 1. The Hall–Kier alpha value is -2.04. The van der Waals surface area contributed by atoms with Crippen molar-refractivity contribution in [3.05, 3.63) is 70.9 Å². The molecule has 0 aliphatic heterocycles. The highest BCUT2D eigenvalue weighted by atomic mass is 35.5. The van der Waals surface area contributed by atoms with Gasteiger partial charge in [0.1, 0.15) is 10.9 Å². The first-order valence-electron chi connectivity index (χ1n) is 7.23. The smallest absolute Gasteiger partial charge is 0.137 e. The average molecular weight is 316 g/mol. The number of para-hydroxylation sites is 1. The minimum absolute atomic E-state index is 0.116. The van der Waals surface area contributed by atoms with E-state index in [4.69, 9.17) is 16.0 Å². The van der Waals surface area contributed by atoms with Crippen molar-refractivity contribution in [1.29, 1.82) is 0 Å². The Labute approximate surface area is 134 Å². The van der Waals surface area contributed by atoms with Crippen LogP contribution in [0.3, 0.4) is 0 Å². The van der Waals surface area contributed by atoms with Gasteiger partial charge in [0.15, 0.2) is 0 Å². The molecule has 1 N–H and O–H groups in total. The lowest BCUT2D eigenvalue weighted by molar-refractivity contribution is 0.430. The monoisotopic (exact) mass is 315 g/mol. The van der Waals surface area contributed by atoms with Crippen molar-refractivity contribution >= 4 is 11.6 Å². The molecule has 0 saturated carbocycles. The van der Waals surface area contributed by atoms with Gasteiger partial charge >= 0.3 is 0 Å². The van der Waals surface area contributed by atoms with Gasteiger partial charge in [-0.2, -0.15) is 5.10 Å². The number of benzene rings is 1. The summed E-state index contributed by atoms with van der Waals surface area (Å²) in [5.41, 5.74) is 2.89. The van der Waals surface area contributed by atoms with Gasteiger partial charge in [-0.25, -0.2) is 4.68 Å². The van der Waals surface area contributed by atoms with Crippen LogP contribution < -0.4 is 5.32 Å². The lowest BCUT2D eigenvalue weighted by Gasteiger charge is -2.11. The number of nitrogens with zero attached hydrogens (tertiary/aromatic N) is 2. The van der Waals surface area contributed by atoms with Crippen LogP contribution in [0.1, 0.15) is 30.0 Å². The zero-order valence-corrected chi connectivity index (χ0v) is 13.3. The first-order valence-corrected chi connectivity index (χ1v) is 7.61. The van der Waals surface area contributed by atoms with Crippen LogP contribution in [-0.4, -0.2) is 9.78 Å². The van der Waals surface area contributed by atoms with Crippen LogP contribution >= 0.6 is 11.6 Å². The van der Waals surface area contributed by atoms with Crippen LogP contribution in [0.5, 0.6) is 0 Å². The van der Waals surface area contributed by atoms with E-state index in [2.05, 4.69) is 17.3 Å². The minimum atomic E-state index is 0.116. The predicted molar refractivity (Wildman–Crippen MR) is 87.3 cm³/mol. The minimum Gasteiger partial charge on any atom is -0.468 e. The second-order valence-corrected chi connectivity index (χ2v) is 5.58. The lowest BCUT2D eigenvalue weighted by Crippen LogP contribution is -2.18. The Morgan fingerprint density at radius 2 is 2.00 bits per heavy atom. The van der Waals surface area contributed by atoms with E-state index in [0.717, 1.165) is 22.7 Å². The fraction of sp³-hybridized carbons (Fsp3) is 0.235. The second kappa shape index (κ2) is 6.38. The maximum absolute atomic E-state index is 6.51. The average Bonchev–Trinajstić information content (AvgIpc) is 3.15. The topological polar surface area (TPSA) is 43.0 Å². The van der Waals surface area contributed by atoms with Gasteiger partial charge in [0.25, 0.3) is 0 Å². The molecule has 1 aromatic carbocycles. The number of aromatic nitrogens is 2. The Balaban J connectivity index is 1.79. The van der Waals surface area contributed by atoms with E-state index in [1.807, 2.05) is 49.4 Å². The standard InChI is InChI=1S/C17H18ClN3O/c1-12-15(11-19-13(2)16-9-6-10-22-16)17(18)21(20-12)14-7-4-3-5-8-14/h3-10,13,19H,11H2,1-2H3/t13-/m1/s1. The van der Waals surface area contributed by atoms with E-state index >= 15 is 0 Å². The number of aryl methyl sites for hydroxylation is 1. The van der Waals surface area contributed by atoms with Gasteiger partial charge in [-0.3, -0.25) is 0 Å². The molecular formula is C17H18ClN3O. The molecule has 0 unspecified atom stereocenters. The normalized spacial score (nSPS) is 12.5. The molecule has 0 spiro atoms. The molecule has 3 rings (SSSR count). The van der Waals surface area contributed by atoms with Crippen molar-refractivity contribution in [2.75, 3.05) is 0 Å². The molecular weight excluding hydrogens is 298 g/mol. The van der Waals surface area contributed by atoms with Crippen molar-refractivity contribution in [2.45, 2.75) is 26.4 Å². The highest BCUT2D eigenvalue weighted by Gasteiger charge is 2.16. The highest BCUT2D eigenvalue weighted by molar-refractivity contribution is 6.30. The summed E-state index contributed by atoms with van der Waals surface area (Å²) in [4.78, 5) is 0. The van der Waals surface area contributed by atoms with Crippen LogP contribution in [0, 0.1) is 6.92 Å². The van der Waals surface area contributed by atoms with Crippen LogP contribution in [0.25, 0.3) is 5.69 Å². The molecule has 0 saturated heterocycles. The third-order valence-corrected chi connectivity index (χ3v) is 4.07. The van der Waals surface area contributed by atoms with Crippen LogP contribution in [-0.2, 0) is 6.54 Å². The van der Waals surface area contributed by atoms with Gasteiger partial charge < -0.3 is 9.73 Å². The van der Waals surface area contributed by atoms with Gasteiger partial charge in [-0.15, -0.1) is 0 Å². The van der Waals surface area contributed by atoms with E-state index in [1.54, 1.807) is 10.9 Å². The summed E-state index contributed by atoms with van der Waals surface area (Å²) in [6.07, 6.45) is 1.68. The predicted octanol–water partition coefficient (Wildman–Crippen LogP) is 4.28. The number of halogens is 1. The number of hydrogen-bond donors (Lipinski definition) is 1. The van der Waals surface area contributed by atoms with E-state index in [1.165, 1.54) is 0 Å². The summed E-state index contributed by atoms with van der Waals surface area (Å²) >= 11 is 6.51. The van der Waals surface area contributed by atoms with E-state index in [9.17, 15) is 0 Å². The zero-order valence-electron chi connectivity index (χ0n) is 12.6. The Morgan fingerprint density at radius 3 is 2.68 bits per heavy atom. The quantitative estimate of drug-likeness (QED) is 0.764. The number of furan rings is 1. The molecule has 3 aromatic rings. The van der Waals surface area contributed by atoms with Gasteiger partial charge in [0, 0.05) is 12.1 Å². The molecule has 0 amide bonds. The van der Waals surface area contributed by atoms with Crippen molar-refractivity contribution in [2.24, 2.45) is 0 Å². The molecule has 0 aliphatic carbocycles. The SMILES string of the molecule is Cc1nn(-c2ccccc2)c(Cl)c1CN[C@H](C)c1ccco1. The molecule has 0 aliphatic rings. The third kappa shape index (κ3) is 2.93. The van der Waals surface area contributed by atoms with Crippen molar-refractivity contribution in [3.8, 4) is 5.69 Å². The number of hydrogen-bond acceptors (Lipinski definition) is 3. The van der Waals surface area contributed by atoms with Gasteiger partial charge in [-0.1, -0.05) is 29.8 Å². The van der Waals surface area contributed by atoms with E-state index in [-0.39, 0.29) is 6.04 Å². The van der Waals surface area contributed by atoms with Crippen molar-refractivity contribution in [1.82, 2.24) is 15.1 Å². The molecule has 0 radical (unpaired) electrons. The van der Waals surface area contributed by atoms with Gasteiger partial charge in [0.2, 0.25) is 0 Å². The Bertz CT molecular complexity index is 735. The maximum atomic E-state index is 6.51. The maximum Gasteiger partial charge on any atom is 0.137 e. The summed E-state index contributed by atoms with van der Waals surface area (Å²) in [7, 11) is 0. The number of rotatable bonds is 5. The Kier molecular flexibility index (Phi) is 4.32. The third-order valence-electron chi connectivity index (χ3n) is 3.68. The summed E-state index contributed by atoms with van der Waals surface area (Å²) in [5, 5.41) is 8.60. The van der Waals surface area contributed by atoms with Crippen molar-refractivity contribution < 1.29 is 4.42 Å². The first-order chi connectivity index (χ1) is 10.7. The molecule has 114 valence electrons. The molecule has 2 aromatic heterocycles. The van der Waals surface area contributed by atoms with Gasteiger partial charge in [0.05, 0.1) is 23.7 Å². The fourth-order valence-electron chi connectivity index (χ4n) is 2.37. The summed E-state index contributed by atoms with van der Waals surface area (Å²) in [6, 6.07) is 13.9. The molecule has 2 heterocycles. The van der Waals surface area contributed by atoms with Crippen LogP contribution in [0.2, 0.25) is 5.15 Å². The molecule has 0 fully saturated rings. The van der Waals surface area contributed by atoms with Gasteiger partial charge in [-0.05, 0) is 38.1 Å². The van der Waals surface area contributed by atoms with E-state index < -0.39 is 0 Å².